The van der Waals surface area contributed by atoms with Gasteiger partial charge in [-0.05, 0) is 94.7 Å². The quantitative estimate of drug-likeness (QED) is 0.176. The maximum absolute atomic E-state index is 6.47. The lowest BCUT2D eigenvalue weighted by Crippen LogP contribution is -2.10. The summed E-state index contributed by atoms with van der Waals surface area (Å²) in [6.45, 7) is 13.5. The van der Waals surface area contributed by atoms with Crippen molar-refractivity contribution in [2.45, 2.75) is 52.4 Å². The second-order valence-corrected chi connectivity index (χ2v) is 15.1. The zero-order valence-electron chi connectivity index (χ0n) is 29.2. The highest BCUT2D eigenvalue weighted by molar-refractivity contribution is 6.29. The van der Waals surface area contributed by atoms with Gasteiger partial charge in [-0.15, -0.1) is 10.2 Å². The maximum Gasteiger partial charge on any atom is 0.251 e. The van der Waals surface area contributed by atoms with Crippen molar-refractivity contribution in [1.29, 1.82) is 0 Å². The van der Waals surface area contributed by atoms with Gasteiger partial charge in [-0.2, -0.15) is 0 Å². The molecule has 0 N–H and O–H groups in total. The lowest BCUT2D eigenvalue weighted by molar-refractivity contribution is 0.414. The number of rotatable bonds is 5. The Balaban J connectivity index is 1.40. The minimum absolute atomic E-state index is 0.0620. The molecule has 0 amide bonds. The van der Waals surface area contributed by atoms with E-state index in [1.54, 1.807) is 7.11 Å². The van der Waals surface area contributed by atoms with E-state index in [1.165, 1.54) is 49.2 Å². The Labute approximate surface area is 287 Å². The summed E-state index contributed by atoms with van der Waals surface area (Å²) in [7, 11) is 1.65. The molecule has 8 rings (SSSR count). The van der Waals surface area contributed by atoms with Crippen LogP contribution in [0.3, 0.4) is 0 Å². The molecule has 4 nitrogen and oxygen atoms in total. The van der Waals surface area contributed by atoms with Crippen molar-refractivity contribution in [3.63, 3.8) is 0 Å². The summed E-state index contributed by atoms with van der Waals surface area (Å²) in [6, 6.07) is 41.5. The van der Waals surface area contributed by atoms with Gasteiger partial charge >= 0.3 is 0 Å². The number of methoxy groups -OCH3 is 1. The van der Waals surface area contributed by atoms with Crippen molar-refractivity contribution in [1.82, 2.24) is 10.2 Å². The average molecular weight is 641 g/mol. The highest BCUT2D eigenvalue weighted by Gasteiger charge is 2.23. The standard InChI is InChI=1S/C45H40N2O2/c1-44(2,3)30-18-12-27(13-19-30)32-22-16-29-17-23-34-37(28-14-20-31(21-15-28)45(4,5)6)26-38(35-25-24-33(32)40(29)41(34)35)43-47-46-42(49-43)36-10-8-9-11-39(36)48-7/h8-26H,1-7H3. The topological polar surface area (TPSA) is 48.2 Å². The van der Waals surface area contributed by atoms with Gasteiger partial charge in [0, 0.05) is 5.56 Å². The molecule has 0 aliphatic rings. The lowest BCUT2D eigenvalue weighted by Gasteiger charge is -2.21. The van der Waals surface area contributed by atoms with Gasteiger partial charge in [0.25, 0.3) is 5.89 Å². The van der Waals surface area contributed by atoms with Crippen LogP contribution in [-0.4, -0.2) is 17.3 Å². The number of para-hydroxylation sites is 1. The molecule has 0 aliphatic heterocycles. The molecule has 0 unspecified atom stereocenters. The van der Waals surface area contributed by atoms with Crippen LogP contribution in [0.1, 0.15) is 52.7 Å². The van der Waals surface area contributed by atoms with Crippen molar-refractivity contribution in [2.75, 3.05) is 7.11 Å². The van der Waals surface area contributed by atoms with Crippen LogP contribution in [0, 0.1) is 0 Å². The van der Waals surface area contributed by atoms with Gasteiger partial charge in [0.15, 0.2) is 0 Å². The van der Waals surface area contributed by atoms with Crippen LogP contribution in [0.25, 0.3) is 77.5 Å². The predicted octanol–water partition coefficient (Wildman–Crippen LogP) is 12.2. The molecule has 0 aliphatic carbocycles. The van der Waals surface area contributed by atoms with Crippen molar-refractivity contribution < 1.29 is 9.15 Å². The molecule has 0 spiro atoms. The Bertz CT molecular complexity index is 2470. The molecule has 0 atom stereocenters. The van der Waals surface area contributed by atoms with Gasteiger partial charge in [0.1, 0.15) is 5.75 Å². The van der Waals surface area contributed by atoms with Crippen molar-refractivity contribution in [2.24, 2.45) is 0 Å². The molecule has 242 valence electrons. The Hall–Kier alpha value is -5.48. The molecule has 49 heavy (non-hydrogen) atoms. The first-order valence-electron chi connectivity index (χ1n) is 16.9. The number of hydrogen-bond donors (Lipinski definition) is 0. The Morgan fingerprint density at radius 1 is 0.490 bits per heavy atom. The molecule has 0 radical (unpaired) electrons. The first-order chi connectivity index (χ1) is 23.5. The number of hydrogen-bond acceptors (Lipinski definition) is 4. The van der Waals surface area contributed by atoms with Crippen molar-refractivity contribution in [3.8, 4) is 50.9 Å². The summed E-state index contributed by atoms with van der Waals surface area (Å²) in [5, 5.41) is 16.3. The predicted molar refractivity (Wildman–Crippen MR) is 204 cm³/mol. The molecular weight excluding hydrogens is 601 g/mol. The van der Waals surface area contributed by atoms with Crippen LogP contribution in [0.4, 0.5) is 0 Å². The molecule has 7 aromatic carbocycles. The van der Waals surface area contributed by atoms with E-state index in [-0.39, 0.29) is 10.8 Å². The minimum atomic E-state index is 0.0620. The van der Waals surface area contributed by atoms with Crippen LogP contribution in [0.5, 0.6) is 5.75 Å². The van der Waals surface area contributed by atoms with Gasteiger partial charge < -0.3 is 9.15 Å². The summed E-state index contributed by atoms with van der Waals surface area (Å²) in [5.74, 6) is 1.59. The highest BCUT2D eigenvalue weighted by Crippen LogP contribution is 2.46. The third-order valence-corrected chi connectivity index (χ3v) is 9.90. The van der Waals surface area contributed by atoms with E-state index >= 15 is 0 Å². The van der Waals surface area contributed by atoms with E-state index in [4.69, 9.17) is 9.15 Å². The molecule has 8 aromatic rings. The number of benzene rings is 7. The van der Waals surface area contributed by atoms with Crippen molar-refractivity contribution in [3.05, 3.63) is 126 Å². The lowest BCUT2D eigenvalue weighted by atomic mass is 9.83. The molecular formula is C45H40N2O2. The number of ether oxygens (including phenoxy) is 1. The van der Waals surface area contributed by atoms with Gasteiger partial charge in [0.05, 0.1) is 12.7 Å². The summed E-state index contributed by atoms with van der Waals surface area (Å²) >= 11 is 0. The molecule has 1 aromatic heterocycles. The molecule has 0 fully saturated rings. The Morgan fingerprint density at radius 3 is 1.61 bits per heavy atom. The van der Waals surface area contributed by atoms with Crippen LogP contribution < -0.4 is 4.74 Å². The smallest absolute Gasteiger partial charge is 0.251 e. The van der Waals surface area contributed by atoms with Crippen LogP contribution >= 0.6 is 0 Å². The fourth-order valence-corrected chi connectivity index (χ4v) is 7.13. The van der Waals surface area contributed by atoms with E-state index in [9.17, 15) is 0 Å². The van der Waals surface area contributed by atoms with Crippen LogP contribution in [0.2, 0.25) is 0 Å². The molecule has 0 bridgehead atoms. The van der Waals surface area contributed by atoms with Gasteiger partial charge in [0.2, 0.25) is 5.89 Å². The Morgan fingerprint density at radius 2 is 1.00 bits per heavy atom. The number of aromatic nitrogens is 2. The SMILES string of the molecule is COc1ccccc1-c1nnc(-c2cc(-c3ccc(C(C)(C)C)cc3)c3ccc4ccc(-c5ccc(C(C)(C)C)cc5)c5ccc2c3c45)o1. The largest absolute Gasteiger partial charge is 0.496 e. The van der Waals surface area contributed by atoms with Crippen LogP contribution in [-0.2, 0) is 10.8 Å². The van der Waals surface area contributed by atoms with Crippen LogP contribution in [0.15, 0.2) is 120 Å². The highest BCUT2D eigenvalue weighted by atomic mass is 16.5. The molecule has 0 saturated carbocycles. The average Bonchev–Trinajstić information content (AvgIpc) is 3.59. The van der Waals surface area contributed by atoms with E-state index in [0.29, 0.717) is 17.5 Å². The van der Waals surface area contributed by atoms with E-state index in [0.717, 1.165) is 27.6 Å². The minimum Gasteiger partial charge on any atom is -0.496 e. The monoisotopic (exact) mass is 640 g/mol. The van der Waals surface area contributed by atoms with Gasteiger partial charge in [-0.25, -0.2) is 0 Å². The Kier molecular flexibility index (Phi) is 7.11. The number of nitrogens with zero attached hydrogens (tertiary/aromatic N) is 2. The summed E-state index contributed by atoms with van der Waals surface area (Å²) < 4.78 is 12.1. The zero-order chi connectivity index (χ0) is 34.1. The molecule has 0 saturated heterocycles. The van der Waals surface area contributed by atoms with Gasteiger partial charge in [-0.1, -0.05) is 139 Å². The normalized spacial score (nSPS) is 12.4. The maximum atomic E-state index is 6.47. The van der Waals surface area contributed by atoms with E-state index in [1.807, 2.05) is 24.3 Å². The zero-order valence-corrected chi connectivity index (χ0v) is 29.2. The van der Waals surface area contributed by atoms with E-state index < -0.39 is 0 Å². The second kappa shape index (κ2) is 11.3. The summed E-state index contributed by atoms with van der Waals surface area (Å²) in [6.07, 6.45) is 0. The van der Waals surface area contributed by atoms with Gasteiger partial charge in [-0.3, -0.25) is 0 Å². The van der Waals surface area contributed by atoms with E-state index in [2.05, 4.69) is 143 Å². The fourth-order valence-electron chi connectivity index (χ4n) is 7.13. The van der Waals surface area contributed by atoms with Crippen molar-refractivity contribution >= 4 is 32.3 Å². The second-order valence-electron chi connectivity index (χ2n) is 15.1. The summed E-state index contributed by atoms with van der Waals surface area (Å²) in [4.78, 5) is 0. The first-order valence-corrected chi connectivity index (χ1v) is 16.9. The first kappa shape index (κ1) is 30.8. The molecule has 4 heteroatoms. The third kappa shape index (κ3) is 5.23. The summed E-state index contributed by atoms with van der Waals surface area (Å²) in [5.41, 5.74) is 9.17. The third-order valence-electron chi connectivity index (χ3n) is 9.90. The molecule has 1 heterocycles. The fraction of sp³-hybridized carbons (Fsp3) is 0.200.